The second kappa shape index (κ2) is 6.11. The molecule has 0 N–H and O–H groups in total. The first-order valence-corrected chi connectivity index (χ1v) is 8.47. The molecule has 0 amide bonds. The molecule has 0 atom stereocenters. The van der Waals surface area contributed by atoms with E-state index in [4.69, 9.17) is 9.97 Å². The number of nitrogens with zero attached hydrogens (tertiary/aromatic N) is 6. The van der Waals surface area contributed by atoms with Crippen LogP contribution in [0, 0.1) is 0 Å². The molecule has 1 saturated heterocycles. The summed E-state index contributed by atoms with van der Waals surface area (Å²) in [5.41, 5.74) is 1.95. The van der Waals surface area contributed by atoms with Crippen LogP contribution >= 0.6 is 0 Å². The van der Waals surface area contributed by atoms with E-state index in [2.05, 4.69) is 22.1 Å². The summed E-state index contributed by atoms with van der Waals surface area (Å²) in [6.07, 6.45) is 5.62. The number of para-hydroxylation sites is 1. The Morgan fingerprint density at radius 1 is 1.00 bits per heavy atom. The maximum absolute atomic E-state index is 4.90. The Bertz CT molecular complexity index is 835. The molecule has 0 unspecified atom stereocenters. The third-order valence-corrected chi connectivity index (χ3v) is 4.66. The normalized spacial score (nSPS) is 15.0. The summed E-state index contributed by atoms with van der Waals surface area (Å²) in [5, 5.41) is 5.43. The van der Waals surface area contributed by atoms with Crippen molar-refractivity contribution in [3.8, 4) is 0 Å². The summed E-state index contributed by atoms with van der Waals surface area (Å²) in [6.45, 7) is 2.10. The van der Waals surface area contributed by atoms with E-state index in [1.54, 1.807) is 0 Å². The van der Waals surface area contributed by atoms with E-state index < -0.39 is 0 Å². The van der Waals surface area contributed by atoms with Gasteiger partial charge in [-0.3, -0.25) is 4.68 Å². The molecule has 2 aromatic heterocycles. The molecule has 1 aromatic carbocycles. The highest BCUT2D eigenvalue weighted by Crippen LogP contribution is 2.30. The molecule has 6 heteroatoms. The van der Waals surface area contributed by atoms with Crippen LogP contribution in [0.4, 0.5) is 17.5 Å². The van der Waals surface area contributed by atoms with E-state index >= 15 is 0 Å². The Kier molecular flexibility index (Phi) is 3.80. The van der Waals surface area contributed by atoms with Crippen LogP contribution in [0.25, 0.3) is 11.0 Å². The summed E-state index contributed by atoms with van der Waals surface area (Å²) < 4.78 is 1.83. The zero-order valence-corrected chi connectivity index (χ0v) is 14.2. The molecule has 1 fully saturated rings. The second-order valence-electron chi connectivity index (χ2n) is 6.29. The largest absolute Gasteiger partial charge is 0.356 e. The third-order valence-electron chi connectivity index (χ3n) is 4.66. The van der Waals surface area contributed by atoms with Gasteiger partial charge in [-0.05, 0) is 31.4 Å². The standard InChI is InChI=1S/C18H22N6/c1-22(14-9-5-3-6-10-14)18-20-16-15(13-19-23(16)2)17(21-18)24-11-7-4-8-12-24/h3,5-6,9-10,13H,4,7-8,11-12H2,1-2H3. The number of anilines is 3. The Hall–Kier alpha value is -2.63. The van der Waals surface area contributed by atoms with Crippen LogP contribution < -0.4 is 9.80 Å². The van der Waals surface area contributed by atoms with Gasteiger partial charge in [0.05, 0.1) is 11.6 Å². The lowest BCUT2D eigenvalue weighted by Gasteiger charge is -2.29. The zero-order valence-electron chi connectivity index (χ0n) is 14.2. The van der Waals surface area contributed by atoms with Crippen molar-refractivity contribution in [1.29, 1.82) is 0 Å². The van der Waals surface area contributed by atoms with Crippen molar-refractivity contribution in [1.82, 2.24) is 19.7 Å². The summed E-state index contributed by atoms with van der Waals surface area (Å²) in [4.78, 5) is 14.1. The third kappa shape index (κ3) is 2.58. The Morgan fingerprint density at radius 2 is 1.75 bits per heavy atom. The van der Waals surface area contributed by atoms with Crippen LogP contribution in [0.15, 0.2) is 36.5 Å². The Labute approximate surface area is 141 Å². The Morgan fingerprint density at radius 3 is 2.50 bits per heavy atom. The molecular formula is C18H22N6. The maximum Gasteiger partial charge on any atom is 0.233 e. The van der Waals surface area contributed by atoms with E-state index in [1.807, 2.05) is 48.1 Å². The fourth-order valence-corrected chi connectivity index (χ4v) is 3.26. The molecule has 0 aliphatic carbocycles. The first-order chi connectivity index (χ1) is 11.7. The van der Waals surface area contributed by atoms with Gasteiger partial charge < -0.3 is 9.80 Å². The fourth-order valence-electron chi connectivity index (χ4n) is 3.26. The number of benzene rings is 1. The van der Waals surface area contributed by atoms with Crippen LogP contribution in [-0.2, 0) is 7.05 Å². The minimum Gasteiger partial charge on any atom is -0.356 e. The number of fused-ring (bicyclic) bond motifs is 1. The van der Waals surface area contributed by atoms with Crippen LogP contribution in [0.3, 0.4) is 0 Å². The molecule has 24 heavy (non-hydrogen) atoms. The summed E-state index contributed by atoms with van der Waals surface area (Å²) in [6, 6.07) is 10.2. The highest BCUT2D eigenvalue weighted by atomic mass is 15.3. The first-order valence-electron chi connectivity index (χ1n) is 8.47. The molecule has 0 spiro atoms. The molecule has 0 saturated carbocycles. The van der Waals surface area contributed by atoms with Crippen molar-refractivity contribution in [2.75, 3.05) is 29.9 Å². The number of piperidine rings is 1. The van der Waals surface area contributed by atoms with Gasteiger partial charge in [0.2, 0.25) is 5.95 Å². The molecule has 1 aliphatic rings. The number of hydrogen-bond acceptors (Lipinski definition) is 5. The number of aromatic nitrogens is 4. The fraction of sp³-hybridized carbons (Fsp3) is 0.389. The SMILES string of the molecule is CN(c1ccccc1)c1nc(N2CCCCC2)c2cnn(C)c2n1. The highest BCUT2D eigenvalue weighted by Gasteiger charge is 2.20. The molecule has 6 nitrogen and oxygen atoms in total. The lowest BCUT2D eigenvalue weighted by molar-refractivity contribution is 0.574. The van der Waals surface area contributed by atoms with E-state index in [0.717, 1.165) is 35.6 Å². The molecule has 124 valence electrons. The molecule has 0 bridgehead atoms. The number of rotatable bonds is 3. The van der Waals surface area contributed by atoms with E-state index in [0.29, 0.717) is 5.95 Å². The monoisotopic (exact) mass is 322 g/mol. The van der Waals surface area contributed by atoms with Crippen LogP contribution in [0.2, 0.25) is 0 Å². The Balaban J connectivity index is 1.82. The molecule has 3 aromatic rings. The molecule has 3 heterocycles. The lowest BCUT2D eigenvalue weighted by atomic mass is 10.1. The molecule has 1 aliphatic heterocycles. The van der Waals surface area contributed by atoms with Gasteiger partial charge in [-0.15, -0.1) is 0 Å². The molecule has 4 rings (SSSR count). The van der Waals surface area contributed by atoms with Crippen molar-refractivity contribution >= 4 is 28.5 Å². The van der Waals surface area contributed by atoms with Gasteiger partial charge in [0.15, 0.2) is 5.65 Å². The minimum atomic E-state index is 0.706. The number of aryl methyl sites for hydroxylation is 1. The lowest BCUT2D eigenvalue weighted by Crippen LogP contribution is -2.31. The average molecular weight is 322 g/mol. The zero-order chi connectivity index (χ0) is 16.5. The average Bonchev–Trinajstić information content (AvgIpc) is 3.03. The smallest absolute Gasteiger partial charge is 0.233 e. The predicted molar refractivity (Wildman–Crippen MR) is 96.9 cm³/mol. The van der Waals surface area contributed by atoms with E-state index in [9.17, 15) is 0 Å². The van der Waals surface area contributed by atoms with E-state index in [1.165, 1.54) is 19.3 Å². The van der Waals surface area contributed by atoms with Crippen LogP contribution in [0.5, 0.6) is 0 Å². The van der Waals surface area contributed by atoms with Gasteiger partial charge in [-0.1, -0.05) is 18.2 Å². The van der Waals surface area contributed by atoms with Gasteiger partial charge in [0, 0.05) is 32.9 Å². The van der Waals surface area contributed by atoms with Gasteiger partial charge in [0.25, 0.3) is 0 Å². The summed E-state index contributed by atoms with van der Waals surface area (Å²) in [5.74, 6) is 1.71. The van der Waals surface area contributed by atoms with Crippen molar-refractivity contribution in [2.45, 2.75) is 19.3 Å². The van der Waals surface area contributed by atoms with Crippen molar-refractivity contribution in [2.24, 2.45) is 7.05 Å². The number of hydrogen-bond donors (Lipinski definition) is 0. The van der Waals surface area contributed by atoms with Crippen LogP contribution in [0.1, 0.15) is 19.3 Å². The minimum absolute atomic E-state index is 0.706. The first kappa shape index (κ1) is 14.9. The van der Waals surface area contributed by atoms with Gasteiger partial charge >= 0.3 is 0 Å². The van der Waals surface area contributed by atoms with Gasteiger partial charge in [-0.2, -0.15) is 15.1 Å². The van der Waals surface area contributed by atoms with Crippen molar-refractivity contribution in [3.05, 3.63) is 36.5 Å². The van der Waals surface area contributed by atoms with Crippen molar-refractivity contribution < 1.29 is 0 Å². The second-order valence-corrected chi connectivity index (χ2v) is 6.29. The van der Waals surface area contributed by atoms with Gasteiger partial charge in [-0.25, -0.2) is 0 Å². The molecular weight excluding hydrogens is 300 g/mol. The van der Waals surface area contributed by atoms with Gasteiger partial charge in [0.1, 0.15) is 5.82 Å². The highest BCUT2D eigenvalue weighted by molar-refractivity contribution is 5.88. The summed E-state index contributed by atoms with van der Waals surface area (Å²) >= 11 is 0. The topological polar surface area (TPSA) is 50.1 Å². The van der Waals surface area contributed by atoms with E-state index in [-0.39, 0.29) is 0 Å². The molecule has 0 radical (unpaired) electrons. The van der Waals surface area contributed by atoms with Crippen molar-refractivity contribution in [3.63, 3.8) is 0 Å². The summed E-state index contributed by atoms with van der Waals surface area (Å²) in [7, 11) is 3.94. The van der Waals surface area contributed by atoms with Crippen LogP contribution in [-0.4, -0.2) is 39.9 Å². The quantitative estimate of drug-likeness (QED) is 0.741. The predicted octanol–water partition coefficient (Wildman–Crippen LogP) is 3.12. The maximum atomic E-state index is 4.90.